The standard InChI is InChI=1S/C18H25FN6O2/c1-4-5-14(11(2)20)24-15-10-23-17(27-3)7-16(15)25(19)13-6-12(18(21)26)8-22-9-13/h6-11,14,24H,4-5,20H2,1-3H3,(H2,21,26)/t11-,14+/m0/s1. The van der Waals surface area contributed by atoms with Crippen LogP contribution in [0.15, 0.2) is 30.7 Å². The average molecular weight is 376 g/mol. The normalized spacial score (nSPS) is 12.9. The van der Waals surface area contributed by atoms with Crippen molar-refractivity contribution < 1.29 is 14.0 Å². The molecular formula is C18H25FN6O2. The number of ether oxygens (including phenoxy) is 1. The lowest BCUT2D eigenvalue weighted by Crippen LogP contribution is -2.38. The Morgan fingerprint density at radius 3 is 2.70 bits per heavy atom. The third-order valence-electron chi connectivity index (χ3n) is 4.09. The molecule has 8 nitrogen and oxygen atoms in total. The van der Waals surface area contributed by atoms with Gasteiger partial charge in [0.05, 0.1) is 36.4 Å². The van der Waals surface area contributed by atoms with Crippen LogP contribution >= 0.6 is 0 Å². The maximum atomic E-state index is 15.2. The monoisotopic (exact) mass is 376 g/mol. The Morgan fingerprint density at radius 1 is 1.37 bits per heavy atom. The fourth-order valence-electron chi connectivity index (χ4n) is 2.60. The van der Waals surface area contributed by atoms with E-state index in [0.717, 1.165) is 12.8 Å². The number of hydrogen-bond donors (Lipinski definition) is 3. The van der Waals surface area contributed by atoms with Gasteiger partial charge in [0.25, 0.3) is 0 Å². The number of nitrogens with one attached hydrogen (secondary N) is 1. The molecule has 0 saturated heterocycles. The zero-order valence-corrected chi connectivity index (χ0v) is 15.6. The highest BCUT2D eigenvalue weighted by Gasteiger charge is 2.20. The van der Waals surface area contributed by atoms with E-state index in [1.807, 2.05) is 13.8 Å². The number of primary amides is 1. The van der Waals surface area contributed by atoms with Crippen molar-refractivity contribution in [2.75, 3.05) is 17.5 Å². The van der Waals surface area contributed by atoms with Crippen LogP contribution in [-0.4, -0.2) is 35.1 Å². The lowest BCUT2D eigenvalue weighted by molar-refractivity contribution is 0.1000. The van der Waals surface area contributed by atoms with Crippen molar-refractivity contribution in [3.05, 3.63) is 36.3 Å². The third kappa shape index (κ3) is 5.04. The number of nitrogens with two attached hydrogens (primary N) is 2. The number of amides is 1. The molecular weight excluding hydrogens is 351 g/mol. The van der Waals surface area contributed by atoms with Crippen LogP contribution in [-0.2, 0) is 0 Å². The van der Waals surface area contributed by atoms with Gasteiger partial charge in [0.2, 0.25) is 11.8 Å². The molecule has 0 saturated carbocycles. The van der Waals surface area contributed by atoms with Gasteiger partial charge in [0.15, 0.2) is 0 Å². The van der Waals surface area contributed by atoms with Crippen molar-refractivity contribution in [2.45, 2.75) is 38.8 Å². The molecule has 0 fully saturated rings. The Bertz CT molecular complexity index is 786. The van der Waals surface area contributed by atoms with E-state index in [-0.39, 0.29) is 34.9 Å². The number of rotatable bonds is 9. The van der Waals surface area contributed by atoms with Crippen LogP contribution in [0.25, 0.3) is 0 Å². The van der Waals surface area contributed by atoms with Crippen LogP contribution in [0.3, 0.4) is 0 Å². The highest BCUT2D eigenvalue weighted by molar-refractivity contribution is 5.93. The minimum absolute atomic E-state index is 0.0513. The van der Waals surface area contributed by atoms with Gasteiger partial charge in [-0.15, -0.1) is 0 Å². The van der Waals surface area contributed by atoms with E-state index >= 15 is 4.48 Å². The largest absolute Gasteiger partial charge is 0.481 e. The Hall–Kier alpha value is -2.94. The minimum atomic E-state index is -0.691. The molecule has 0 bridgehead atoms. The van der Waals surface area contributed by atoms with Gasteiger partial charge in [-0.25, -0.2) is 4.98 Å². The SMILES string of the molecule is CCC[C@@H](Nc1cnc(OC)cc1N(F)c1cncc(C(N)=O)c1)[C@H](C)N. The Labute approximate surface area is 157 Å². The third-order valence-corrected chi connectivity index (χ3v) is 4.09. The van der Waals surface area contributed by atoms with Gasteiger partial charge >= 0.3 is 0 Å². The molecule has 0 aromatic carbocycles. The van der Waals surface area contributed by atoms with Crippen molar-refractivity contribution in [2.24, 2.45) is 11.5 Å². The number of methoxy groups -OCH3 is 1. The molecule has 0 aliphatic rings. The molecule has 2 aromatic heterocycles. The van der Waals surface area contributed by atoms with Gasteiger partial charge in [0.1, 0.15) is 5.69 Å². The highest BCUT2D eigenvalue weighted by atomic mass is 19.2. The first-order valence-corrected chi connectivity index (χ1v) is 8.64. The van der Waals surface area contributed by atoms with Crippen LogP contribution < -0.4 is 26.6 Å². The molecule has 2 atom stereocenters. The molecule has 27 heavy (non-hydrogen) atoms. The first kappa shape index (κ1) is 20.4. The second-order valence-corrected chi connectivity index (χ2v) is 6.22. The summed E-state index contributed by atoms with van der Waals surface area (Å²) >= 11 is 0. The number of carbonyl (C=O) groups is 1. The van der Waals surface area contributed by atoms with Crippen molar-refractivity contribution in [1.82, 2.24) is 9.97 Å². The minimum Gasteiger partial charge on any atom is -0.481 e. The van der Waals surface area contributed by atoms with E-state index in [4.69, 9.17) is 16.2 Å². The van der Waals surface area contributed by atoms with Crippen molar-refractivity contribution in [1.29, 1.82) is 0 Å². The lowest BCUT2D eigenvalue weighted by Gasteiger charge is -2.26. The van der Waals surface area contributed by atoms with Crippen molar-refractivity contribution in [3.63, 3.8) is 0 Å². The summed E-state index contributed by atoms with van der Waals surface area (Å²) in [6.45, 7) is 3.93. The average Bonchev–Trinajstić information content (AvgIpc) is 2.67. The van der Waals surface area contributed by atoms with Crippen LogP contribution in [0.1, 0.15) is 37.0 Å². The fourth-order valence-corrected chi connectivity index (χ4v) is 2.60. The molecule has 0 aliphatic heterocycles. The Morgan fingerprint density at radius 2 is 2.11 bits per heavy atom. The summed E-state index contributed by atoms with van der Waals surface area (Å²) < 4.78 is 20.3. The number of pyridine rings is 2. The summed E-state index contributed by atoms with van der Waals surface area (Å²) in [4.78, 5) is 19.4. The van der Waals surface area contributed by atoms with E-state index < -0.39 is 5.91 Å². The number of hydrogen-bond acceptors (Lipinski definition) is 7. The van der Waals surface area contributed by atoms with Crippen molar-refractivity contribution in [3.8, 4) is 5.88 Å². The Balaban J connectivity index is 2.43. The first-order chi connectivity index (χ1) is 12.9. The zero-order chi connectivity index (χ0) is 20.0. The number of anilines is 3. The molecule has 5 N–H and O–H groups in total. The molecule has 2 aromatic rings. The summed E-state index contributed by atoms with van der Waals surface area (Å²) in [5.74, 6) is -0.451. The summed E-state index contributed by atoms with van der Waals surface area (Å²) in [6.07, 6.45) is 5.78. The fraction of sp³-hybridized carbons (Fsp3) is 0.389. The van der Waals surface area contributed by atoms with Gasteiger partial charge in [0, 0.05) is 24.3 Å². The lowest BCUT2D eigenvalue weighted by atomic mass is 10.1. The number of aromatic nitrogens is 2. The van der Waals surface area contributed by atoms with Crippen molar-refractivity contribution >= 4 is 23.0 Å². The van der Waals surface area contributed by atoms with Gasteiger partial charge in [-0.3, -0.25) is 9.78 Å². The second-order valence-electron chi connectivity index (χ2n) is 6.22. The molecule has 0 spiro atoms. The van der Waals surface area contributed by atoms with Gasteiger partial charge in [-0.05, 0) is 19.4 Å². The first-order valence-electron chi connectivity index (χ1n) is 8.64. The van der Waals surface area contributed by atoms with E-state index in [9.17, 15) is 4.79 Å². The van der Waals surface area contributed by atoms with E-state index in [2.05, 4.69) is 15.3 Å². The van der Waals surface area contributed by atoms with E-state index in [1.165, 1.54) is 37.8 Å². The topological polar surface area (TPSA) is 119 Å². The van der Waals surface area contributed by atoms with Gasteiger partial charge < -0.3 is 21.5 Å². The highest BCUT2D eigenvalue weighted by Crippen LogP contribution is 2.35. The number of halogens is 1. The molecule has 2 heterocycles. The Kier molecular flexibility index (Phi) is 6.89. The molecule has 2 rings (SSSR count). The van der Waals surface area contributed by atoms with Crippen LogP contribution in [0.2, 0.25) is 0 Å². The van der Waals surface area contributed by atoms with Crippen LogP contribution in [0.5, 0.6) is 5.88 Å². The molecule has 0 aliphatic carbocycles. The summed E-state index contributed by atoms with van der Waals surface area (Å²) in [5, 5.41) is 3.65. The quantitative estimate of drug-likeness (QED) is 0.575. The molecule has 0 radical (unpaired) electrons. The molecule has 0 unspecified atom stereocenters. The smallest absolute Gasteiger partial charge is 0.250 e. The second kappa shape index (κ2) is 9.13. The zero-order valence-electron chi connectivity index (χ0n) is 15.6. The predicted octanol–water partition coefficient (Wildman–Crippen LogP) is 2.53. The maximum absolute atomic E-state index is 15.2. The predicted molar refractivity (Wildman–Crippen MR) is 103 cm³/mol. The number of nitrogens with zero attached hydrogens (tertiary/aromatic N) is 3. The molecule has 1 amide bonds. The summed E-state index contributed by atoms with van der Waals surface area (Å²) in [5.41, 5.74) is 12.0. The van der Waals surface area contributed by atoms with E-state index in [0.29, 0.717) is 10.8 Å². The molecule has 9 heteroatoms. The molecule has 146 valence electrons. The van der Waals surface area contributed by atoms with Crippen LogP contribution in [0, 0.1) is 0 Å². The van der Waals surface area contributed by atoms with Gasteiger partial charge in [-0.1, -0.05) is 17.8 Å². The summed E-state index contributed by atoms with van der Waals surface area (Å²) in [6, 6.07) is 2.56. The maximum Gasteiger partial charge on any atom is 0.250 e. The van der Waals surface area contributed by atoms with Gasteiger partial charge in [-0.2, -0.15) is 5.12 Å². The summed E-state index contributed by atoms with van der Waals surface area (Å²) in [7, 11) is 1.44. The number of carbonyl (C=O) groups excluding carboxylic acids is 1. The van der Waals surface area contributed by atoms with E-state index in [1.54, 1.807) is 0 Å². The van der Waals surface area contributed by atoms with Crippen LogP contribution in [0.4, 0.5) is 21.5 Å².